The van der Waals surface area contributed by atoms with E-state index in [1.54, 1.807) is 0 Å². The van der Waals surface area contributed by atoms with Gasteiger partial charge in [0, 0.05) is 18.2 Å². The molecule has 2 aromatic rings. The summed E-state index contributed by atoms with van der Waals surface area (Å²) in [5, 5.41) is 2.89. The Hall–Kier alpha value is -1.88. The van der Waals surface area contributed by atoms with E-state index < -0.39 is 0 Å². The van der Waals surface area contributed by atoms with Crippen molar-refractivity contribution >= 4 is 22.6 Å². The fraction of sp³-hybridized carbons (Fsp3) is 0.467. The molecule has 0 bridgehead atoms. The van der Waals surface area contributed by atoms with Crippen molar-refractivity contribution < 1.29 is 9.53 Å². The van der Waals surface area contributed by atoms with Crippen LogP contribution in [0.3, 0.4) is 0 Å². The second-order valence-corrected chi connectivity index (χ2v) is 5.50. The number of nitrogens with zero attached hydrogens (tertiary/aromatic N) is 1. The van der Waals surface area contributed by atoms with Crippen LogP contribution < -0.4 is 5.32 Å². The highest BCUT2D eigenvalue weighted by molar-refractivity contribution is 5.94. The SMILES string of the molecule is CC(C)C(=O)Nc1ccc2nc([C@@H]3CCCO3)[nH]c2c1. The highest BCUT2D eigenvalue weighted by atomic mass is 16.5. The minimum absolute atomic E-state index is 0.0169. The molecule has 1 aliphatic rings. The molecule has 106 valence electrons. The topological polar surface area (TPSA) is 67.0 Å². The summed E-state index contributed by atoms with van der Waals surface area (Å²) in [6, 6.07) is 5.71. The average molecular weight is 273 g/mol. The molecule has 1 saturated heterocycles. The van der Waals surface area contributed by atoms with Crippen molar-refractivity contribution in [2.75, 3.05) is 11.9 Å². The van der Waals surface area contributed by atoms with Gasteiger partial charge in [-0.05, 0) is 31.0 Å². The number of H-pyrrole nitrogens is 1. The van der Waals surface area contributed by atoms with Crippen LogP contribution in [0.2, 0.25) is 0 Å². The van der Waals surface area contributed by atoms with E-state index in [4.69, 9.17) is 4.74 Å². The van der Waals surface area contributed by atoms with E-state index >= 15 is 0 Å². The first kappa shape index (κ1) is 13.1. The summed E-state index contributed by atoms with van der Waals surface area (Å²) >= 11 is 0. The molecule has 0 spiro atoms. The largest absolute Gasteiger partial charge is 0.370 e. The molecule has 1 aromatic heterocycles. The zero-order valence-corrected chi connectivity index (χ0v) is 11.8. The number of aromatic nitrogens is 2. The van der Waals surface area contributed by atoms with E-state index in [-0.39, 0.29) is 17.9 Å². The molecule has 1 atom stereocenters. The maximum absolute atomic E-state index is 11.7. The number of carbonyl (C=O) groups is 1. The summed E-state index contributed by atoms with van der Waals surface area (Å²) in [5.41, 5.74) is 2.62. The molecule has 0 unspecified atom stereocenters. The average Bonchev–Trinajstić information content (AvgIpc) is 3.06. The smallest absolute Gasteiger partial charge is 0.226 e. The second kappa shape index (κ2) is 5.25. The predicted octanol–water partition coefficient (Wildman–Crippen LogP) is 3.01. The van der Waals surface area contributed by atoms with Gasteiger partial charge in [0.05, 0.1) is 11.0 Å². The third kappa shape index (κ3) is 2.54. The Morgan fingerprint density at radius 2 is 2.35 bits per heavy atom. The monoisotopic (exact) mass is 273 g/mol. The van der Waals surface area contributed by atoms with Crippen molar-refractivity contribution in [2.24, 2.45) is 5.92 Å². The maximum atomic E-state index is 11.7. The van der Waals surface area contributed by atoms with Crippen LogP contribution in [0.4, 0.5) is 5.69 Å². The molecule has 0 saturated carbocycles. The van der Waals surface area contributed by atoms with Crippen LogP contribution in [0.5, 0.6) is 0 Å². The van der Waals surface area contributed by atoms with Crippen molar-refractivity contribution in [1.82, 2.24) is 9.97 Å². The highest BCUT2D eigenvalue weighted by Gasteiger charge is 2.21. The number of hydrogen-bond donors (Lipinski definition) is 2. The number of aromatic amines is 1. The lowest BCUT2D eigenvalue weighted by atomic mass is 10.2. The Morgan fingerprint density at radius 3 is 3.05 bits per heavy atom. The molecule has 20 heavy (non-hydrogen) atoms. The normalized spacial score (nSPS) is 18.9. The second-order valence-electron chi connectivity index (χ2n) is 5.50. The summed E-state index contributed by atoms with van der Waals surface area (Å²) in [4.78, 5) is 19.6. The van der Waals surface area contributed by atoms with Crippen LogP contribution in [0.15, 0.2) is 18.2 Å². The van der Waals surface area contributed by atoms with Gasteiger partial charge in [-0.25, -0.2) is 4.98 Å². The van der Waals surface area contributed by atoms with Gasteiger partial charge in [-0.2, -0.15) is 0 Å². The lowest BCUT2D eigenvalue weighted by Gasteiger charge is -2.07. The van der Waals surface area contributed by atoms with Gasteiger partial charge in [0.15, 0.2) is 0 Å². The zero-order valence-electron chi connectivity index (χ0n) is 11.8. The number of amides is 1. The van der Waals surface area contributed by atoms with Crippen molar-refractivity contribution in [3.8, 4) is 0 Å². The number of benzene rings is 1. The van der Waals surface area contributed by atoms with E-state index in [2.05, 4.69) is 15.3 Å². The highest BCUT2D eigenvalue weighted by Crippen LogP contribution is 2.28. The third-order valence-corrected chi connectivity index (χ3v) is 3.53. The third-order valence-electron chi connectivity index (χ3n) is 3.53. The molecular weight excluding hydrogens is 254 g/mol. The number of carbonyl (C=O) groups excluding carboxylic acids is 1. The first-order valence-electron chi connectivity index (χ1n) is 7.05. The number of imidazole rings is 1. The van der Waals surface area contributed by atoms with Gasteiger partial charge in [0.1, 0.15) is 11.9 Å². The van der Waals surface area contributed by atoms with Gasteiger partial charge in [-0.15, -0.1) is 0 Å². The van der Waals surface area contributed by atoms with Crippen molar-refractivity contribution in [2.45, 2.75) is 32.8 Å². The summed E-state index contributed by atoms with van der Waals surface area (Å²) < 4.78 is 5.63. The molecule has 1 amide bonds. The van der Waals surface area contributed by atoms with Crippen molar-refractivity contribution in [3.63, 3.8) is 0 Å². The minimum atomic E-state index is -0.0325. The molecule has 1 fully saturated rings. The van der Waals surface area contributed by atoms with Gasteiger partial charge >= 0.3 is 0 Å². The number of anilines is 1. The van der Waals surface area contributed by atoms with Crippen molar-refractivity contribution in [3.05, 3.63) is 24.0 Å². The van der Waals surface area contributed by atoms with Gasteiger partial charge < -0.3 is 15.0 Å². The van der Waals surface area contributed by atoms with E-state index in [0.717, 1.165) is 42.0 Å². The van der Waals surface area contributed by atoms with Crippen LogP contribution in [-0.4, -0.2) is 22.5 Å². The first-order valence-corrected chi connectivity index (χ1v) is 7.05. The van der Waals surface area contributed by atoms with Crippen LogP contribution in [0.1, 0.15) is 38.6 Å². The lowest BCUT2D eigenvalue weighted by molar-refractivity contribution is -0.118. The first-order chi connectivity index (χ1) is 9.63. The van der Waals surface area contributed by atoms with E-state index in [0.29, 0.717) is 0 Å². The molecule has 5 heteroatoms. The summed E-state index contributed by atoms with van der Waals surface area (Å²) in [7, 11) is 0. The number of hydrogen-bond acceptors (Lipinski definition) is 3. The van der Waals surface area contributed by atoms with Gasteiger partial charge in [-0.3, -0.25) is 4.79 Å². The van der Waals surface area contributed by atoms with Gasteiger partial charge in [-0.1, -0.05) is 13.8 Å². The lowest BCUT2D eigenvalue weighted by Crippen LogP contribution is -2.17. The molecular formula is C15H19N3O2. The molecule has 0 radical (unpaired) electrons. The summed E-state index contributed by atoms with van der Waals surface area (Å²) in [5.74, 6) is 0.864. The van der Waals surface area contributed by atoms with E-state index in [1.807, 2.05) is 32.0 Å². The number of rotatable bonds is 3. The Balaban J connectivity index is 1.85. The van der Waals surface area contributed by atoms with Crippen LogP contribution in [0, 0.1) is 5.92 Å². The van der Waals surface area contributed by atoms with E-state index in [9.17, 15) is 4.79 Å². The van der Waals surface area contributed by atoms with Crippen LogP contribution in [0.25, 0.3) is 11.0 Å². The van der Waals surface area contributed by atoms with Crippen LogP contribution >= 0.6 is 0 Å². The molecule has 1 aliphatic heterocycles. The Morgan fingerprint density at radius 1 is 1.50 bits per heavy atom. The minimum Gasteiger partial charge on any atom is -0.370 e. The Labute approximate surface area is 117 Å². The van der Waals surface area contributed by atoms with Crippen molar-refractivity contribution in [1.29, 1.82) is 0 Å². The fourth-order valence-corrected chi connectivity index (χ4v) is 2.34. The zero-order chi connectivity index (χ0) is 14.1. The maximum Gasteiger partial charge on any atom is 0.226 e. The molecule has 2 heterocycles. The fourth-order valence-electron chi connectivity index (χ4n) is 2.34. The van der Waals surface area contributed by atoms with E-state index in [1.165, 1.54) is 0 Å². The molecule has 0 aliphatic carbocycles. The van der Waals surface area contributed by atoms with Crippen LogP contribution in [-0.2, 0) is 9.53 Å². The van der Waals surface area contributed by atoms with Gasteiger partial charge in [0.25, 0.3) is 0 Å². The summed E-state index contributed by atoms with van der Waals surface area (Å²) in [6.07, 6.45) is 2.17. The molecule has 1 aromatic carbocycles. The molecule has 2 N–H and O–H groups in total. The Bertz CT molecular complexity index is 627. The number of nitrogens with one attached hydrogen (secondary N) is 2. The molecule has 5 nitrogen and oxygen atoms in total. The Kier molecular flexibility index (Phi) is 3.44. The standard InChI is InChI=1S/C15H19N3O2/c1-9(2)15(19)16-10-5-6-11-12(8-10)18-14(17-11)13-4-3-7-20-13/h5-6,8-9,13H,3-4,7H2,1-2H3,(H,16,19)(H,17,18)/t13-/m0/s1. The quantitative estimate of drug-likeness (QED) is 0.903. The number of fused-ring (bicyclic) bond motifs is 1. The predicted molar refractivity (Wildman–Crippen MR) is 77.5 cm³/mol. The van der Waals surface area contributed by atoms with Gasteiger partial charge in [0.2, 0.25) is 5.91 Å². The molecule has 3 rings (SSSR count). The number of ether oxygens (including phenoxy) is 1. The summed E-state index contributed by atoms with van der Waals surface area (Å²) in [6.45, 7) is 4.55.